The van der Waals surface area contributed by atoms with Crippen LogP contribution >= 0.6 is 0 Å². The third-order valence-electron chi connectivity index (χ3n) is 0.948. The monoisotopic (exact) mass is 125 g/mol. The Bertz CT molecular complexity index is 147. The van der Waals surface area contributed by atoms with E-state index in [-0.39, 0.29) is 0 Å². The van der Waals surface area contributed by atoms with Gasteiger partial charge in [0.25, 0.3) is 0 Å². The van der Waals surface area contributed by atoms with E-state index in [0.717, 1.165) is 0 Å². The van der Waals surface area contributed by atoms with E-state index >= 15 is 0 Å². The quantitative estimate of drug-likeness (QED) is 0.443. The minimum absolute atomic E-state index is 0.423. The molecule has 0 saturated heterocycles. The Kier molecular flexibility index (Phi) is 3.44. The second-order valence-electron chi connectivity index (χ2n) is 1.74. The van der Waals surface area contributed by atoms with Gasteiger partial charge in [0.2, 0.25) is 5.91 Å². The Balaban J connectivity index is 3.65. The van der Waals surface area contributed by atoms with Gasteiger partial charge in [-0.25, -0.2) is 0 Å². The van der Waals surface area contributed by atoms with E-state index in [9.17, 15) is 4.79 Å². The van der Waals surface area contributed by atoms with Crippen LogP contribution in [-0.4, -0.2) is 5.91 Å². The lowest BCUT2D eigenvalue weighted by Gasteiger charge is -1.91. The minimum Gasteiger partial charge on any atom is -0.366 e. The summed E-state index contributed by atoms with van der Waals surface area (Å²) in [6, 6.07) is 0. The van der Waals surface area contributed by atoms with E-state index in [2.05, 4.69) is 6.58 Å². The van der Waals surface area contributed by atoms with Crippen LogP contribution in [0.3, 0.4) is 0 Å². The number of primary amides is 1. The number of amides is 1. The molecular formula is C7H11NO. The van der Waals surface area contributed by atoms with Crippen LogP contribution < -0.4 is 5.73 Å². The molecule has 9 heavy (non-hydrogen) atoms. The minimum atomic E-state index is -0.423. The molecule has 0 radical (unpaired) electrons. The number of allylic oxidation sites excluding steroid dienone is 2. The van der Waals surface area contributed by atoms with Gasteiger partial charge in [0.1, 0.15) is 0 Å². The first kappa shape index (κ1) is 7.95. The first-order valence-corrected chi connectivity index (χ1v) is 2.77. The van der Waals surface area contributed by atoms with E-state index in [1.54, 1.807) is 0 Å². The molecule has 2 heteroatoms. The van der Waals surface area contributed by atoms with Gasteiger partial charge in [0.15, 0.2) is 0 Å². The van der Waals surface area contributed by atoms with Crippen molar-refractivity contribution in [2.24, 2.45) is 5.73 Å². The molecule has 0 aliphatic heterocycles. The van der Waals surface area contributed by atoms with Crippen molar-refractivity contribution in [1.82, 2.24) is 0 Å². The van der Waals surface area contributed by atoms with Crippen LogP contribution in [0.5, 0.6) is 0 Å². The fraction of sp³-hybridized carbons (Fsp3) is 0.286. The van der Waals surface area contributed by atoms with Gasteiger partial charge in [-0.15, -0.1) is 0 Å². The first-order valence-electron chi connectivity index (χ1n) is 2.77. The maximum Gasteiger partial charge on any atom is 0.244 e. The summed E-state index contributed by atoms with van der Waals surface area (Å²) in [6.07, 6.45) is 4.26. The maximum atomic E-state index is 10.3. The lowest BCUT2D eigenvalue weighted by molar-refractivity contribution is -0.114. The molecular weight excluding hydrogens is 114 g/mol. The van der Waals surface area contributed by atoms with Crippen molar-refractivity contribution in [3.63, 3.8) is 0 Å². The highest BCUT2D eigenvalue weighted by Gasteiger charge is 1.95. The standard InChI is InChI=1S/C7H11NO/c1-3-4-5-6(2)7(8)9/h3-4H,2,5H2,1H3,(H2,8,9). The second kappa shape index (κ2) is 3.89. The van der Waals surface area contributed by atoms with E-state index in [1.807, 2.05) is 19.1 Å². The predicted molar refractivity (Wildman–Crippen MR) is 37.8 cm³/mol. The van der Waals surface area contributed by atoms with Gasteiger partial charge in [-0.05, 0) is 13.3 Å². The first-order chi connectivity index (χ1) is 4.18. The number of carbonyl (C=O) groups is 1. The van der Waals surface area contributed by atoms with E-state index in [0.29, 0.717) is 12.0 Å². The molecule has 0 aromatic carbocycles. The van der Waals surface area contributed by atoms with Crippen molar-refractivity contribution in [3.05, 3.63) is 24.3 Å². The lowest BCUT2D eigenvalue weighted by atomic mass is 10.2. The van der Waals surface area contributed by atoms with Crippen LogP contribution in [0.15, 0.2) is 24.3 Å². The summed E-state index contributed by atoms with van der Waals surface area (Å²) in [5.41, 5.74) is 5.36. The third-order valence-corrected chi connectivity index (χ3v) is 0.948. The average molecular weight is 125 g/mol. The summed E-state index contributed by atoms with van der Waals surface area (Å²) in [5, 5.41) is 0. The van der Waals surface area contributed by atoms with Crippen LogP contribution in [0.2, 0.25) is 0 Å². The normalized spacial score (nSPS) is 9.89. The van der Waals surface area contributed by atoms with E-state index in [4.69, 9.17) is 5.73 Å². The maximum absolute atomic E-state index is 10.3. The Morgan fingerprint density at radius 1 is 1.78 bits per heavy atom. The van der Waals surface area contributed by atoms with Crippen molar-refractivity contribution in [2.45, 2.75) is 13.3 Å². The topological polar surface area (TPSA) is 43.1 Å². The smallest absolute Gasteiger partial charge is 0.244 e. The molecule has 0 heterocycles. The molecule has 2 nitrogen and oxygen atoms in total. The van der Waals surface area contributed by atoms with Crippen molar-refractivity contribution >= 4 is 5.91 Å². The summed E-state index contributed by atoms with van der Waals surface area (Å²) in [7, 11) is 0. The second-order valence-corrected chi connectivity index (χ2v) is 1.74. The summed E-state index contributed by atoms with van der Waals surface area (Å²) in [4.78, 5) is 10.3. The predicted octanol–water partition coefficient (Wildman–Crippen LogP) is 0.994. The molecule has 0 aliphatic carbocycles. The van der Waals surface area contributed by atoms with Gasteiger partial charge in [-0.1, -0.05) is 18.7 Å². The van der Waals surface area contributed by atoms with Gasteiger partial charge in [-0.2, -0.15) is 0 Å². The van der Waals surface area contributed by atoms with Gasteiger partial charge in [0.05, 0.1) is 0 Å². The Labute approximate surface area is 55.1 Å². The van der Waals surface area contributed by atoms with Crippen molar-refractivity contribution in [3.8, 4) is 0 Å². The molecule has 0 bridgehead atoms. The van der Waals surface area contributed by atoms with Crippen molar-refractivity contribution in [2.75, 3.05) is 0 Å². The molecule has 50 valence electrons. The SMILES string of the molecule is C=C(CC=CC)C(N)=O. The largest absolute Gasteiger partial charge is 0.366 e. The summed E-state index contributed by atoms with van der Waals surface area (Å²) in [6.45, 7) is 5.35. The van der Waals surface area contributed by atoms with Crippen LogP contribution in [0.1, 0.15) is 13.3 Å². The fourth-order valence-corrected chi connectivity index (χ4v) is 0.361. The van der Waals surface area contributed by atoms with Crippen LogP contribution in [0, 0.1) is 0 Å². The van der Waals surface area contributed by atoms with Crippen LogP contribution in [0.4, 0.5) is 0 Å². The Hall–Kier alpha value is -1.05. The van der Waals surface area contributed by atoms with E-state index < -0.39 is 5.91 Å². The number of rotatable bonds is 3. The highest BCUT2D eigenvalue weighted by atomic mass is 16.1. The van der Waals surface area contributed by atoms with Gasteiger partial charge in [-0.3, -0.25) is 4.79 Å². The number of carbonyl (C=O) groups excluding carboxylic acids is 1. The van der Waals surface area contributed by atoms with Gasteiger partial charge in [0, 0.05) is 5.57 Å². The van der Waals surface area contributed by atoms with E-state index in [1.165, 1.54) is 0 Å². The summed E-state index contributed by atoms with van der Waals surface area (Å²) in [5.74, 6) is -0.423. The van der Waals surface area contributed by atoms with Crippen molar-refractivity contribution in [1.29, 1.82) is 0 Å². The highest BCUT2D eigenvalue weighted by Crippen LogP contribution is 1.96. The molecule has 0 saturated carbocycles. The summed E-state index contributed by atoms with van der Waals surface area (Å²) < 4.78 is 0. The average Bonchev–Trinajstić information content (AvgIpc) is 1.82. The Morgan fingerprint density at radius 2 is 2.33 bits per heavy atom. The zero-order chi connectivity index (χ0) is 7.28. The van der Waals surface area contributed by atoms with Crippen LogP contribution in [0.25, 0.3) is 0 Å². The molecule has 1 amide bonds. The highest BCUT2D eigenvalue weighted by molar-refractivity contribution is 5.91. The molecule has 0 fully saturated rings. The van der Waals surface area contributed by atoms with Crippen LogP contribution in [-0.2, 0) is 4.79 Å². The molecule has 0 aromatic heterocycles. The third kappa shape index (κ3) is 3.53. The molecule has 0 aromatic rings. The molecule has 0 aliphatic rings. The van der Waals surface area contributed by atoms with Gasteiger partial charge >= 0.3 is 0 Å². The number of hydrogen-bond acceptors (Lipinski definition) is 1. The zero-order valence-electron chi connectivity index (χ0n) is 5.55. The number of hydrogen-bond donors (Lipinski definition) is 1. The lowest BCUT2D eigenvalue weighted by Crippen LogP contribution is -2.12. The molecule has 0 spiro atoms. The van der Waals surface area contributed by atoms with Gasteiger partial charge < -0.3 is 5.73 Å². The number of nitrogens with two attached hydrogens (primary N) is 1. The fourth-order valence-electron chi connectivity index (χ4n) is 0.361. The molecule has 2 N–H and O–H groups in total. The summed E-state index contributed by atoms with van der Waals surface area (Å²) >= 11 is 0. The zero-order valence-corrected chi connectivity index (χ0v) is 5.55. The molecule has 0 unspecified atom stereocenters. The molecule has 0 atom stereocenters. The Morgan fingerprint density at radius 3 is 2.67 bits per heavy atom. The molecule has 0 rings (SSSR count). The van der Waals surface area contributed by atoms with Crippen molar-refractivity contribution < 1.29 is 4.79 Å².